The number of para-hydroxylation sites is 1. The van der Waals surface area contributed by atoms with E-state index in [2.05, 4.69) is 37.3 Å². The predicted octanol–water partition coefficient (Wildman–Crippen LogP) is 4.58. The maximum Gasteiger partial charge on any atom is 0.305 e. The molecular formula is C23H21BrN4O3. The molecule has 0 bridgehead atoms. The van der Waals surface area contributed by atoms with E-state index < -0.39 is 0 Å². The van der Waals surface area contributed by atoms with Crippen LogP contribution in [0.15, 0.2) is 68.6 Å². The molecule has 3 N–H and O–H groups in total. The van der Waals surface area contributed by atoms with E-state index in [0.717, 1.165) is 17.7 Å². The third-order valence-corrected chi connectivity index (χ3v) is 5.73. The number of hydrogen-bond acceptors (Lipinski definition) is 5. The Kier molecular flexibility index (Phi) is 6.18. The van der Waals surface area contributed by atoms with Gasteiger partial charge in [0.2, 0.25) is 0 Å². The van der Waals surface area contributed by atoms with Crippen molar-refractivity contribution in [2.45, 2.75) is 26.2 Å². The Morgan fingerprint density at radius 2 is 1.74 bits per heavy atom. The molecule has 0 saturated heterocycles. The van der Waals surface area contributed by atoms with Crippen molar-refractivity contribution in [2.24, 2.45) is 5.10 Å². The highest BCUT2D eigenvalue weighted by Crippen LogP contribution is 2.30. The number of fused-ring (bicyclic) bond motifs is 1. The number of benzene rings is 2. The summed E-state index contributed by atoms with van der Waals surface area (Å²) in [5.41, 5.74) is 11.6. The molecule has 4 rings (SSSR count). The van der Waals surface area contributed by atoms with E-state index in [-0.39, 0.29) is 17.6 Å². The molecule has 1 heterocycles. The van der Waals surface area contributed by atoms with Crippen LogP contribution in [0.1, 0.15) is 50.6 Å². The summed E-state index contributed by atoms with van der Waals surface area (Å²) < 4.78 is 6.57. The van der Waals surface area contributed by atoms with Gasteiger partial charge >= 0.3 is 5.91 Å². The number of anilines is 1. The molecule has 2 amide bonds. The standard InChI is InChI=1S/C23H21BrN4O3/c1-14-20-18(26-27-22(29)16-10-5-6-11-17(16)24)12-7-13-19(20)31-21(14)23(30)28-25-15-8-3-2-4-9-15/h2-6,8-11,25H,7,12-13H2,1H3,(H,27,29)(H,28,30)/b26-18+. The maximum atomic E-state index is 12.7. The van der Waals surface area contributed by atoms with Gasteiger partial charge in [0.25, 0.3) is 5.91 Å². The molecule has 8 heteroatoms. The molecule has 1 aromatic heterocycles. The van der Waals surface area contributed by atoms with E-state index >= 15 is 0 Å². The molecule has 158 valence electrons. The molecule has 0 spiro atoms. The number of carbonyl (C=O) groups excluding carboxylic acids is 2. The lowest BCUT2D eigenvalue weighted by atomic mass is 9.93. The van der Waals surface area contributed by atoms with Gasteiger partial charge in [-0.2, -0.15) is 5.10 Å². The van der Waals surface area contributed by atoms with Crippen molar-refractivity contribution in [3.8, 4) is 0 Å². The average molecular weight is 481 g/mol. The van der Waals surface area contributed by atoms with Gasteiger partial charge in [0.15, 0.2) is 5.76 Å². The Bertz CT molecular complexity index is 1150. The largest absolute Gasteiger partial charge is 0.455 e. The molecule has 0 fully saturated rings. The summed E-state index contributed by atoms with van der Waals surface area (Å²) >= 11 is 3.38. The highest BCUT2D eigenvalue weighted by Gasteiger charge is 2.28. The Balaban J connectivity index is 1.52. The number of furan rings is 1. The van der Waals surface area contributed by atoms with E-state index in [1.165, 1.54) is 0 Å². The smallest absolute Gasteiger partial charge is 0.305 e. The number of aryl methyl sites for hydroxylation is 1. The molecular weight excluding hydrogens is 460 g/mol. The van der Waals surface area contributed by atoms with Gasteiger partial charge in [-0.1, -0.05) is 30.3 Å². The normalized spacial score (nSPS) is 14.1. The summed E-state index contributed by atoms with van der Waals surface area (Å²) in [6.45, 7) is 1.83. The molecule has 7 nitrogen and oxygen atoms in total. The van der Waals surface area contributed by atoms with E-state index in [1.807, 2.05) is 43.3 Å². The topological polar surface area (TPSA) is 95.7 Å². The first-order chi connectivity index (χ1) is 15.0. The number of hydrazone groups is 1. The quantitative estimate of drug-likeness (QED) is 0.465. The number of amides is 2. The van der Waals surface area contributed by atoms with Crippen LogP contribution in [0.4, 0.5) is 5.69 Å². The molecule has 0 unspecified atom stereocenters. The van der Waals surface area contributed by atoms with Crippen LogP contribution < -0.4 is 16.3 Å². The molecule has 0 aliphatic heterocycles. The Hall–Kier alpha value is -3.39. The molecule has 1 aliphatic carbocycles. The van der Waals surface area contributed by atoms with E-state index in [9.17, 15) is 9.59 Å². The zero-order valence-corrected chi connectivity index (χ0v) is 18.5. The summed E-state index contributed by atoms with van der Waals surface area (Å²) in [5.74, 6) is 0.272. The summed E-state index contributed by atoms with van der Waals surface area (Å²) in [6, 6.07) is 16.5. The third kappa shape index (κ3) is 4.54. The predicted molar refractivity (Wildman–Crippen MR) is 122 cm³/mol. The zero-order chi connectivity index (χ0) is 21.8. The molecule has 1 aliphatic rings. The van der Waals surface area contributed by atoms with Crippen molar-refractivity contribution in [2.75, 3.05) is 5.43 Å². The lowest BCUT2D eigenvalue weighted by Gasteiger charge is -2.13. The van der Waals surface area contributed by atoms with Crippen molar-refractivity contribution in [1.82, 2.24) is 10.9 Å². The fourth-order valence-electron chi connectivity index (χ4n) is 3.53. The van der Waals surface area contributed by atoms with Crippen molar-refractivity contribution in [1.29, 1.82) is 0 Å². The minimum atomic E-state index is -0.368. The van der Waals surface area contributed by atoms with Crippen LogP contribution in [0, 0.1) is 6.92 Å². The van der Waals surface area contributed by atoms with Gasteiger partial charge in [-0.05, 0) is 60.0 Å². The van der Waals surface area contributed by atoms with Crippen LogP contribution in [0.2, 0.25) is 0 Å². The number of nitrogens with zero attached hydrogens (tertiary/aromatic N) is 1. The van der Waals surface area contributed by atoms with E-state index in [1.54, 1.807) is 18.2 Å². The Morgan fingerprint density at radius 1 is 1.00 bits per heavy atom. The summed E-state index contributed by atoms with van der Waals surface area (Å²) in [5, 5.41) is 4.36. The van der Waals surface area contributed by atoms with Crippen LogP contribution in [0.5, 0.6) is 0 Å². The van der Waals surface area contributed by atoms with Gasteiger partial charge in [-0.3, -0.25) is 20.4 Å². The molecule has 0 radical (unpaired) electrons. The summed E-state index contributed by atoms with van der Waals surface area (Å²) in [6.07, 6.45) is 2.23. The fourth-order valence-corrected chi connectivity index (χ4v) is 3.99. The highest BCUT2D eigenvalue weighted by atomic mass is 79.9. The van der Waals surface area contributed by atoms with Crippen molar-refractivity contribution in [3.63, 3.8) is 0 Å². The second-order valence-corrected chi connectivity index (χ2v) is 7.99. The van der Waals surface area contributed by atoms with Gasteiger partial charge in [-0.15, -0.1) is 0 Å². The number of nitrogens with one attached hydrogen (secondary N) is 3. The number of hydrazine groups is 1. The van der Waals surface area contributed by atoms with Gasteiger partial charge in [0.05, 0.1) is 17.0 Å². The van der Waals surface area contributed by atoms with Crippen molar-refractivity contribution in [3.05, 3.63) is 87.3 Å². The number of hydrogen-bond donors (Lipinski definition) is 3. The molecule has 0 saturated carbocycles. The van der Waals surface area contributed by atoms with E-state index in [4.69, 9.17) is 4.42 Å². The number of halogens is 1. The van der Waals surface area contributed by atoms with Crippen LogP contribution in [-0.2, 0) is 6.42 Å². The minimum Gasteiger partial charge on any atom is -0.455 e. The highest BCUT2D eigenvalue weighted by molar-refractivity contribution is 9.10. The molecule has 31 heavy (non-hydrogen) atoms. The first-order valence-electron chi connectivity index (χ1n) is 9.90. The van der Waals surface area contributed by atoms with Crippen LogP contribution in [0.3, 0.4) is 0 Å². The SMILES string of the molecule is Cc1c(C(=O)NNc2ccccc2)oc2c1/C(=N/NC(=O)c1ccccc1Br)CCC2. The minimum absolute atomic E-state index is 0.236. The number of carbonyl (C=O) groups is 2. The first-order valence-corrected chi connectivity index (χ1v) is 10.7. The van der Waals surface area contributed by atoms with Gasteiger partial charge in [-0.25, -0.2) is 5.43 Å². The zero-order valence-electron chi connectivity index (χ0n) is 16.9. The molecule has 3 aromatic rings. The molecule has 2 aromatic carbocycles. The fraction of sp³-hybridized carbons (Fsp3) is 0.174. The monoisotopic (exact) mass is 480 g/mol. The summed E-state index contributed by atoms with van der Waals surface area (Å²) in [7, 11) is 0. The van der Waals surface area contributed by atoms with Crippen LogP contribution >= 0.6 is 15.9 Å². The Labute approximate surface area is 188 Å². The first kappa shape index (κ1) is 20.9. The van der Waals surface area contributed by atoms with Gasteiger partial charge < -0.3 is 4.42 Å². The lowest BCUT2D eigenvalue weighted by molar-refractivity contribution is 0.0930. The van der Waals surface area contributed by atoms with Crippen LogP contribution in [-0.4, -0.2) is 17.5 Å². The second-order valence-electron chi connectivity index (χ2n) is 7.13. The van der Waals surface area contributed by atoms with Gasteiger partial charge in [0, 0.05) is 22.0 Å². The van der Waals surface area contributed by atoms with Crippen molar-refractivity contribution >= 4 is 39.1 Å². The lowest BCUT2D eigenvalue weighted by Crippen LogP contribution is -2.29. The average Bonchev–Trinajstić information content (AvgIpc) is 3.14. The number of rotatable bonds is 5. The van der Waals surface area contributed by atoms with Crippen molar-refractivity contribution < 1.29 is 14.0 Å². The molecule has 0 atom stereocenters. The Morgan fingerprint density at radius 3 is 2.52 bits per heavy atom. The second kappa shape index (κ2) is 9.18. The summed E-state index contributed by atoms with van der Waals surface area (Å²) in [4.78, 5) is 25.2. The van der Waals surface area contributed by atoms with Gasteiger partial charge in [0.1, 0.15) is 5.76 Å². The third-order valence-electron chi connectivity index (χ3n) is 5.04. The maximum absolute atomic E-state index is 12.7. The van der Waals surface area contributed by atoms with E-state index in [0.29, 0.717) is 39.9 Å². The van der Waals surface area contributed by atoms with Crippen LogP contribution in [0.25, 0.3) is 0 Å².